The molecule has 0 bridgehead atoms. The smallest absolute Gasteiger partial charge is 0.264 e. The zero-order valence-corrected chi connectivity index (χ0v) is 18.3. The summed E-state index contributed by atoms with van der Waals surface area (Å²) < 4.78 is 12.1. The van der Waals surface area contributed by atoms with E-state index in [1.165, 1.54) is 11.9 Å². The third kappa shape index (κ3) is 6.15. The number of hydrogen-bond donors (Lipinski definition) is 1. The summed E-state index contributed by atoms with van der Waals surface area (Å²) in [4.78, 5) is 20.9. The molecular formula is C23H25N7O3. The van der Waals surface area contributed by atoms with Gasteiger partial charge >= 0.3 is 0 Å². The van der Waals surface area contributed by atoms with E-state index in [2.05, 4.69) is 33.8 Å². The lowest BCUT2D eigenvalue weighted by Crippen LogP contribution is -2.41. The van der Waals surface area contributed by atoms with E-state index >= 15 is 0 Å². The summed E-state index contributed by atoms with van der Waals surface area (Å²) in [5.41, 5.74) is 8.60. The molecule has 10 heteroatoms. The Kier molecular flexibility index (Phi) is 8.10. The lowest BCUT2D eigenvalue weighted by Gasteiger charge is -2.26. The predicted molar refractivity (Wildman–Crippen MR) is 122 cm³/mol. The van der Waals surface area contributed by atoms with Crippen molar-refractivity contribution in [2.24, 2.45) is 0 Å². The molecule has 0 unspecified atom stereocenters. The van der Waals surface area contributed by atoms with Gasteiger partial charge in [0.2, 0.25) is 5.88 Å². The Morgan fingerprint density at radius 1 is 1.27 bits per heavy atom. The van der Waals surface area contributed by atoms with Gasteiger partial charge in [-0.1, -0.05) is 36.9 Å². The van der Waals surface area contributed by atoms with Gasteiger partial charge in [0, 0.05) is 24.8 Å². The molecule has 1 saturated heterocycles. The molecule has 0 spiro atoms. The number of carbonyl (C=O) groups is 1. The Bertz CT molecular complexity index is 1130. The van der Waals surface area contributed by atoms with Crippen LogP contribution in [0.5, 0.6) is 5.88 Å². The number of carbonyl (C=O) groups excluding carboxylic acids is 1. The Hall–Kier alpha value is -4.23. The molecule has 3 heterocycles. The van der Waals surface area contributed by atoms with Gasteiger partial charge in [0.25, 0.3) is 5.91 Å². The number of hydrogen-bond acceptors (Lipinski definition) is 8. The molecule has 1 aromatic carbocycles. The fraction of sp³-hybridized carbons (Fsp3) is 0.261. The first-order valence-electron chi connectivity index (χ1n) is 10.2. The summed E-state index contributed by atoms with van der Waals surface area (Å²) in [6.07, 6.45) is 5.02. The fourth-order valence-corrected chi connectivity index (χ4v) is 3.16. The van der Waals surface area contributed by atoms with Gasteiger partial charge < -0.3 is 20.1 Å². The zero-order chi connectivity index (χ0) is 23.6. The third-order valence-corrected chi connectivity index (χ3v) is 4.84. The van der Waals surface area contributed by atoms with Crippen molar-refractivity contribution in [3.05, 3.63) is 66.8 Å². The second kappa shape index (κ2) is 11.4. The lowest BCUT2D eigenvalue weighted by atomic mass is 10.1. The Morgan fingerprint density at radius 2 is 2.00 bits per heavy atom. The van der Waals surface area contributed by atoms with Crippen molar-refractivity contribution in [3.8, 4) is 23.1 Å². The molecule has 170 valence electrons. The average molecular weight is 447 g/mol. The van der Waals surface area contributed by atoms with Gasteiger partial charge in [-0.15, -0.1) is 0 Å². The molecular weight excluding hydrogens is 422 g/mol. The summed E-state index contributed by atoms with van der Waals surface area (Å²) >= 11 is 0. The van der Waals surface area contributed by atoms with Crippen molar-refractivity contribution >= 4 is 11.7 Å². The van der Waals surface area contributed by atoms with Gasteiger partial charge in [0.1, 0.15) is 23.8 Å². The first kappa shape index (κ1) is 23.4. The quantitative estimate of drug-likeness (QED) is 0.463. The molecule has 0 saturated carbocycles. The summed E-state index contributed by atoms with van der Waals surface area (Å²) in [7, 11) is 1.56. The number of anilines is 1. The maximum absolute atomic E-state index is 11.3. The highest BCUT2D eigenvalue weighted by Gasteiger charge is 2.18. The fourth-order valence-electron chi connectivity index (χ4n) is 3.16. The normalized spacial score (nSPS) is 12.8. The van der Waals surface area contributed by atoms with E-state index in [1.54, 1.807) is 24.3 Å². The number of rotatable bonds is 5. The SMILES string of the molecule is C=C(C#N)C(=O)N1CCOCC1.COc1ncnc(N)c1-c1cnn(Cc2ccccc2)c1. The highest BCUT2D eigenvalue weighted by molar-refractivity contribution is 5.96. The largest absolute Gasteiger partial charge is 0.480 e. The van der Waals surface area contributed by atoms with Crippen LogP contribution in [0.1, 0.15) is 5.56 Å². The van der Waals surface area contributed by atoms with E-state index in [0.29, 0.717) is 50.1 Å². The van der Waals surface area contributed by atoms with Crippen molar-refractivity contribution in [1.82, 2.24) is 24.6 Å². The molecule has 1 aliphatic heterocycles. The van der Waals surface area contributed by atoms with E-state index in [0.717, 1.165) is 5.56 Å². The Morgan fingerprint density at radius 3 is 2.67 bits per heavy atom. The Labute approximate surface area is 191 Å². The summed E-state index contributed by atoms with van der Waals surface area (Å²) in [5.74, 6) is 0.545. The van der Waals surface area contributed by atoms with Crippen LogP contribution in [0.4, 0.5) is 5.82 Å². The van der Waals surface area contributed by atoms with Gasteiger partial charge in [0.05, 0.1) is 38.6 Å². The van der Waals surface area contributed by atoms with Crippen LogP contribution < -0.4 is 10.5 Å². The van der Waals surface area contributed by atoms with Crippen molar-refractivity contribution in [1.29, 1.82) is 5.26 Å². The first-order chi connectivity index (χ1) is 16.0. The Balaban J connectivity index is 0.000000218. The second-order valence-corrected chi connectivity index (χ2v) is 7.05. The van der Waals surface area contributed by atoms with E-state index in [9.17, 15) is 4.79 Å². The summed E-state index contributed by atoms with van der Waals surface area (Å²) in [6, 6.07) is 11.9. The zero-order valence-electron chi connectivity index (χ0n) is 18.3. The van der Waals surface area contributed by atoms with Crippen LogP contribution in [0.15, 0.2) is 61.2 Å². The molecule has 1 aliphatic rings. The van der Waals surface area contributed by atoms with Crippen LogP contribution in [0.3, 0.4) is 0 Å². The van der Waals surface area contributed by atoms with Gasteiger partial charge in [-0.05, 0) is 5.56 Å². The number of nitrogen functional groups attached to an aromatic ring is 1. The number of amides is 1. The lowest BCUT2D eigenvalue weighted by molar-refractivity contribution is -0.130. The molecule has 0 radical (unpaired) electrons. The van der Waals surface area contributed by atoms with Crippen LogP contribution in [-0.4, -0.2) is 64.0 Å². The van der Waals surface area contributed by atoms with Gasteiger partial charge in [-0.2, -0.15) is 10.4 Å². The number of nitriles is 1. The maximum Gasteiger partial charge on any atom is 0.264 e. The number of aromatic nitrogens is 4. The molecule has 0 atom stereocenters. The van der Waals surface area contributed by atoms with Gasteiger partial charge in [-0.3, -0.25) is 9.48 Å². The molecule has 0 aliphatic carbocycles. The number of methoxy groups -OCH3 is 1. The van der Waals surface area contributed by atoms with Crippen LogP contribution in [-0.2, 0) is 16.1 Å². The van der Waals surface area contributed by atoms with E-state index in [1.807, 2.05) is 29.1 Å². The number of nitrogens with zero attached hydrogens (tertiary/aromatic N) is 6. The molecule has 2 aromatic heterocycles. The molecule has 1 fully saturated rings. The van der Waals surface area contributed by atoms with E-state index in [4.69, 9.17) is 20.5 Å². The molecule has 33 heavy (non-hydrogen) atoms. The minimum absolute atomic E-state index is 0.00287. The second-order valence-electron chi connectivity index (χ2n) is 7.05. The van der Waals surface area contributed by atoms with Gasteiger partial charge in [0.15, 0.2) is 0 Å². The van der Waals surface area contributed by atoms with Crippen LogP contribution in [0.25, 0.3) is 11.1 Å². The average Bonchev–Trinajstić information content (AvgIpc) is 3.32. The summed E-state index contributed by atoms with van der Waals surface area (Å²) in [6.45, 7) is 6.25. The first-order valence-corrected chi connectivity index (χ1v) is 10.2. The highest BCUT2D eigenvalue weighted by Crippen LogP contribution is 2.31. The van der Waals surface area contributed by atoms with Crippen molar-refractivity contribution in [3.63, 3.8) is 0 Å². The highest BCUT2D eigenvalue weighted by atomic mass is 16.5. The molecule has 3 aromatic rings. The number of ether oxygens (including phenoxy) is 2. The van der Waals surface area contributed by atoms with Crippen LogP contribution in [0.2, 0.25) is 0 Å². The minimum Gasteiger partial charge on any atom is -0.480 e. The molecule has 4 rings (SSSR count). The summed E-state index contributed by atoms with van der Waals surface area (Å²) in [5, 5.41) is 12.8. The van der Waals surface area contributed by atoms with Crippen molar-refractivity contribution < 1.29 is 14.3 Å². The van der Waals surface area contributed by atoms with Crippen molar-refractivity contribution in [2.45, 2.75) is 6.54 Å². The molecule has 10 nitrogen and oxygen atoms in total. The van der Waals surface area contributed by atoms with Gasteiger partial charge in [-0.25, -0.2) is 9.97 Å². The predicted octanol–water partition coefficient (Wildman–Crippen LogP) is 1.90. The monoisotopic (exact) mass is 447 g/mol. The number of nitrogens with two attached hydrogens (primary N) is 1. The van der Waals surface area contributed by atoms with Crippen LogP contribution >= 0.6 is 0 Å². The van der Waals surface area contributed by atoms with E-state index < -0.39 is 0 Å². The molecule has 1 amide bonds. The number of morpholine rings is 1. The minimum atomic E-state index is -0.277. The topological polar surface area (TPSA) is 132 Å². The number of benzene rings is 1. The van der Waals surface area contributed by atoms with Crippen LogP contribution in [0, 0.1) is 11.3 Å². The van der Waals surface area contributed by atoms with E-state index in [-0.39, 0.29) is 11.5 Å². The maximum atomic E-state index is 11.3. The standard InChI is InChI=1S/C15H15N5O.C8H10N2O2/c1-21-15-13(14(16)17-10-18-15)12-7-19-20(9-12)8-11-5-3-2-4-6-11;1-7(6-9)8(11)10-2-4-12-5-3-10/h2-7,9-10H,8H2,1H3,(H2,16,17,18);1-5H2. The molecule has 2 N–H and O–H groups in total. The third-order valence-electron chi connectivity index (χ3n) is 4.84. The van der Waals surface area contributed by atoms with Crippen molar-refractivity contribution in [2.75, 3.05) is 39.1 Å².